The summed E-state index contributed by atoms with van der Waals surface area (Å²) in [5, 5.41) is 0. The molecule has 0 atom stereocenters. The summed E-state index contributed by atoms with van der Waals surface area (Å²) in [5.74, 6) is 0.999. The fourth-order valence-electron chi connectivity index (χ4n) is 3.91. The Morgan fingerprint density at radius 1 is 0.607 bits per heavy atom. The van der Waals surface area contributed by atoms with Crippen LogP contribution in [0.5, 0.6) is 0 Å². The quantitative estimate of drug-likeness (QED) is 0.383. The summed E-state index contributed by atoms with van der Waals surface area (Å²) < 4.78 is 2.31. The lowest BCUT2D eigenvalue weighted by atomic mass is 9.76. The summed E-state index contributed by atoms with van der Waals surface area (Å²) in [7, 11) is 0. The first kappa shape index (κ1) is 19.6. The molecule has 0 saturated carbocycles. The van der Waals surface area contributed by atoms with E-state index >= 15 is 0 Å². The van der Waals surface area contributed by atoms with Crippen molar-refractivity contribution >= 4 is 0 Å². The Bertz CT molecular complexity index is 890. The molecule has 28 heavy (non-hydrogen) atoms. The summed E-state index contributed by atoms with van der Waals surface area (Å²) in [5.41, 5.74) is 4.22. The van der Waals surface area contributed by atoms with E-state index in [0.29, 0.717) is 0 Å². The maximum Gasteiger partial charge on any atom is 0.121 e. The molecule has 142 valence electrons. The summed E-state index contributed by atoms with van der Waals surface area (Å²) in [6.45, 7) is 8.13. The SMILES string of the molecule is CC.Cc1cn(C(c2ccccc2)(c2ccccc2)c2ccccc2)c(C)n1. The number of imidazole rings is 1. The monoisotopic (exact) mass is 368 g/mol. The highest BCUT2D eigenvalue weighted by Crippen LogP contribution is 2.41. The van der Waals surface area contributed by atoms with Crippen molar-refractivity contribution in [2.75, 3.05) is 0 Å². The molecule has 3 aromatic carbocycles. The minimum atomic E-state index is -0.463. The molecule has 2 heteroatoms. The maximum atomic E-state index is 4.72. The highest BCUT2D eigenvalue weighted by molar-refractivity contribution is 5.51. The molecule has 0 saturated heterocycles. The standard InChI is InChI=1S/C24H22N2.C2H6/c1-19-18-26(20(2)25-19)24(21-12-6-3-7-13-21,22-14-8-4-9-15-22)23-16-10-5-11-17-23;1-2/h3-18H,1-2H3;1-2H3. The number of benzene rings is 3. The van der Waals surface area contributed by atoms with Crippen LogP contribution in [0.2, 0.25) is 0 Å². The first-order chi connectivity index (χ1) is 13.7. The zero-order valence-electron chi connectivity index (χ0n) is 17.1. The molecule has 0 amide bonds. The maximum absolute atomic E-state index is 4.72. The van der Waals surface area contributed by atoms with Crippen LogP contribution in [0.4, 0.5) is 0 Å². The van der Waals surface area contributed by atoms with Crippen molar-refractivity contribution in [1.29, 1.82) is 0 Å². The van der Waals surface area contributed by atoms with Crippen molar-refractivity contribution in [3.63, 3.8) is 0 Å². The lowest BCUT2D eigenvalue weighted by Crippen LogP contribution is -2.38. The van der Waals surface area contributed by atoms with Crippen molar-refractivity contribution < 1.29 is 0 Å². The van der Waals surface area contributed by atoms with Crippen molar-refractivity contribution in [2.24, 2.45) is 0 Å². The fourth-order valence-corrected chi connectivity index (χ4v) is 3.91. The average molecular weight is 369 g/mol. The third-order valence-electron chi connectivity index (χ3n) is 4.94. The summed E-state index contributed by atoms with van der Waals surface area (Å²) in [6, 6.07) is 32.1. The van der Waals surface area contributed by atoms with E-state index in [2.05, 4.69) is 116 Å². The Kier molecular flexibility index (Phi) is 6.10. The average Bonchev–Trinajstić information content (AvgIpc) is 3.11. The third kappa shape index (κ3) is 3.38. The molecule has 0 radical (unpaired) electrons. The Morgan fingerprint density at radius 3 is 1.25 bits per heavy atom. The van der Waals surface area contributed by atoms with Gasteiger partial charge >= 0.3 is 0 Å². The van der Waals surface area contributed by atoms with Gasteiger partial charge in [-0.05, 0) is 30.5 Å². The fraction of sp³-hybridized carbons (Fsp3) is 0.192. The molecule has 4 aromatic rings. The topological polar surface area (TPSA) is 17.8 Å². The van der Waals surface area contributed by atoms with Crippen LogP contribution in [0, 0.1) is 13.8 Å². The Hall–Kier alpha value is -3.13. The van der Waals surface area contributed by atoms with Gasteiger partial charge in [0.25, 0.3) is 0 Å². The van der Waals surface area contributed by atoms with Crippen LogP contribution in [0.25, 0.3) is 0 Å². The van der Waals surface area contributed by atoms with Crippen molar-refractivity contribution in [2.45, 2.75) is 33.2 Å². The molecule has 0 fully saturated rings. The van der Waals surface area contributed by atoms with Gasteiger partial charge in [-0.25, -0.2) is 4.98 Å². The van der Waals surface area contributed by atoms with E-state index in [0.717, 1.165) is 11.5 Å². The van der Waals surface area contributed by atoms with E-state index in [1.165, 1.54) is 16.7 Å². The van der Waals surface area contributed by atoms with Gasteiger partial charge in [0.15, 0.2) is 0 Å². The zero-order valence-corrected chi connectivity index (χ0v) is 17.1. The van der Waals surface area contributed by atoms with Gasteiger partial charge in [0.05, 0.1) is 5.69 Å². The molecule has 1 heterocycles. The number of rotatable bonds is 4. The lowest BCUT2D eigenvalue weighted by molar-refractivity contribution is 0.501. The predicted octanol–water partition coefficient (Wildman–Crippen LogP) is 6.37. The summed E-state index contributed by atoms with van der Waals surface area (Å²) in [4.78, 5) is 4.72. The number of nitrogens with zero attached hydrogens (tertiary/aromatic N) is 2. The molecule has 0 unspecified atom stereocenters. The van der Waals surface area contributed by atoms with Crippen molar-refractivity contribution in [3.05, 3.63) is 125 Å². The highest BCUT2D eigenvalue weighted by atomic mass is 15.1. The second kappa shape index (κ2) is 8.71. The van der Waals surface area contributed by atoms with E-state index in [4.69, 9.17) is 4.98 Å². The zero-order chi connectivity index (χ0) is 20.0. The molecule has 0 aliphatic carbocycles. The normalized spacial score (nSPS) is 10.9. The van der Waals surface area contributed by atoms with Gasteiger partial charge in [-0.2, -0.15) is 0 Å². The lowest BCUT2D eigenvalue weighted by Gasteiger charge is -2.38. The van der Waals surface area contributed by atoms with Gasteiger partial charge in [-0.1, -0.05) is 105 Å². The molecule has 1 aromatic heterocycles. The molecule has 2 nitrogen and oxygen atoms in total. The smallest absolute Gasteiger partial charge is 0.121 e. The van der Waals surface area contributed by atoms with E-state index in [1.54, 1.807) is 0 Å². The minimum absolute atomic E-state index is 0.463. The molecule has 0 N–H and O–H groups in total. The molecular formula is C26H28N2. The van der Waals surface area contributed by atoms with E-state index in [9.17, 15) is 0 Å². The number of hydrogen-bond acceptors (Lipinski definition) is 1. The predicted molar refractivity (Wildman–Crippen MR) is 118 cm³/mol. The van der Waals surface area contributed by atoms with Gasteiger partial charge in [-0.3, -0.25) is 0 Å². The van der Waals surface area contributed by atoms with Crippen LogP contribution in [0.1, 0.15) is 42.1 Å². The van der Waals surface area contributed by atoms with Crippen LogP contribution < -0.4 is 0 Å². The minimum Gasteiger partial charge on any atom is -0.316 e. The highest BCUT2D eigenvalue weighted by Gasteiger charge is 2.39. The number of aryl methyl sites for hydroxylation is 2. The van der Waals surface area contributed by atoms with Crippen LogP contribution >= 0.6 is 0 Å². The molecule has 4 rings (SSSR count). The van der Waals surface area contributed by atoms with Crippen LogP contribution in [0.3, 0.4) is 0 Å². The van der Waals surface area contributed by atoms with Crippen molar-refractivity contribution in [1.82, 2.24) is 9.55 Å². The largest absolute Gasteiger partial charge is 0.316 e. The van der Waals surface area contributed by atoms with Gasteiger partial charge < -0.3 is 4.57 Å². The van der Waals surface area contributed by atoms with E-state index < -0.39 is 5.54 Å². The number of aromatic nitrogens is 2. The Labute approximate surface area is 168 Å². The third-order valence-corrected chi connectivity index (χ3v) is 4.94. The molecule has 0 aliphatic heterocycles. The molecule has 0 spiro atoms. The van der Waals surface area contributed by atoms with Crippen molar-refractivity contribution in [3.8, 4) is 0 Å². The Morgan fingerprint density at radius 2 is 0.964 bits per heavy atom. The van der Waals surface area contributed by atoms with E-state index in [-0.39, 0.29) is 0 Å². The van der Waals surface area contributed by atoms with Gasteiger partial charge in [-0.15, -0.1) is 0 Å². The van der Waals surface area contributed by atoms with Crippen LogP contribution in [-0.4, -0.2) is 9.55 Å². The summed E-state index contributed by atoms with van der Waals surface area (Å²) in [6.07, 6.45) is 2.16. The van der Waals surface area contributed by atoms with Crippen LogP contribution in [-0.2, 0) is 5.54 Å². The van der Waals surface area contributed by atoms with Gasteiger partial charge in [0, 0.05) is 6.20 Å². The summed E-state index contributed by atoms with van der Waals surface area (Å²) >= 11 is 0. The second-order valence-corrected chi connectivity index (χ2v) is 6.61. The first-order valence-corrected chi connectivity index (χ1v) is 9.92. The van der Waals surface area contributed by atoms with Gasteiger partial charge in [0.2, 0.25) is 0 Å². The first-order valence-electron chi connectivity index (χ1n) is 9.92. The number of hydrogen-bond donors (Lipinski definition) is 0. The molecule has 0 bridgehead atoms. The van der Waals surface area contributed by atoms with E-state index in [1.807, 2.05) is 13.8 Å². The molecule has 0 aliphatic rings. The Balaban J connectivity index is 0.00000109. The van der Waals surface area contributed by atoms with Crippen LogP contribution in [0.15, 0.2) is 97.2 Å². The van der Waals surface area contributed by atoms with Gasteiger partial charge in [0.1, 0.15) is 11.4 Å². The molecular weight excluding hydrogens is 340 g/mol. The second-order valence-electron chi connectivity index (χ2n) is 6.61.